The molecule has 0 bridgehead atoms. The molecule has 0 spiro atoms. The molecule has 15 heavy (non-hydrogen) atoms. The Kier molecular flexibility index (Phi) is 2.82. The lowest BCUT2D eigenvalue weighted by Crippen LogP contribution is -2.15. The van der Waals surface area contributed by atoms with Gasteiger partial charge in [-0.05, 0) is 6.07 Å². The Labute approximate surface area is 91.2 Å². The molecule has 5 heteroatoms. The van der Waals surface area contributed by atoms with Crippen molar-refractivity contribution in [1.29, 1.82) is 0 Å². The monoisotopic (exact) mass is 222 g/mol. The Morgan fingerprint density at radius 1 is 1.67 bits per heavy atom. The van der Waals surface area contributed by atoms with Gasteiger partial charge in [-0.25, -0.2) is 4.98 Å². The van der Waals surface area contributed by atoms with Crippen LogP contribution in [0.5, 0.6) is 0 Å². The summed E-state index contributed by atoms with van der Waals surface area (Å²) < 4.78 is 4.98. The first-order chi connectivity index (χ1) is 7.29. The van der Waals surface area contributed by atoms with Gasteiger partial charge in [0, 0.05) is 19.2 Å². The van der Waals surface area contributed by atoms with E-state index in [1.54, 1.807) is 18.7 Å². The predicted molar refractivity (Wildman–Crippen MR) is 58.3 cm³/mol. The Balaban J connectivity index is 2.07. The Bertz CT molecular complexity index is 436. The standard InChI is InChI=1S/C10H10N2O2S/c1-12(5-8-2-3-14-7-8)10-11-4-9(6-13)15-10/h2-4,6-7H,5H2,1H3. The van der Waals surface area contributed by atoms with Gasteiger partial charge in [-0.2, -0.15) is 0 Å². The van der Waals surface area contributed by atoms with Crippen LogP contribution in [0.1, 0.15) is 15.2 Å². The molecule has 0 saturated heterocycles. The van der Waals surface area contributed by atoms with Gasteiger partial charge in [0.25, 0.3) is 0 Å². The Morgan fingerprint density at radius 3 is 3.13 bits per heavy atom. The number of thiazole rings is 1. The molecule has 78 valence electrons. The molecule has 2 heterocycles. The summed E-state index contributed by atoms with van der Waals surface area (Å²) in [5.74, 6) is 0. The average molecular weight is 222 g/mol. The number of furan rings is 1. The van der Waals surface area contributed by atoms with Crippen molar-refractivity contribution in [1.82, 2.24) is 4.98 Å². The number of carbonyl (C=O) groups excluding carboxylic acids is 1. The van der Waals surface area contributed by atoms with Crippen LogP contribution in [-0.2, 0) is 6.54 Å². The number of hydrogen-bond donors (Lipinski definition) is 0. The molecule has 0 aliphatic rings. The van der Waals surface area contributed by atoms with E-state index in [-0.39, 0.29) is 0 Å². The minimum absolute atomic E-state index is 0.643. The number of anilines is 1. The first kappa shape index (κ1) is 9.92. The zero-order chi connectivity index (χ0) is 10.7. The Hall–Kier alpha value is -1.62. The fourth-order valence-corrected chi connectivity index (χ4v) is 1.92. The fourth-order valence-electron chi connectivity index (χ4n) is 1.23. The van der Waals surface area contributed by atoms with E-state index >= 15 is 0 Å². The quantitative estimate of drug-likeness (QED) is 0.744. The largest absolute Gasteiger partial charge is 0.472 e. The third-order valence-electron chi connectivity index (χ3n) is 1.95. The van der Waals surface area contributed by atoms with Gasteiger partial charge in [-0.15, -0.1) is 0 Å². The van der Waals surface area contributed by atoms with Crippen molar-refractivity contribution in [2.75, 3.05) is 11.9 Å². The molecule has 2 aromatic heterocycles. The van der Waals surface area contributed by atoms with Crippen molar-refractivity contribution in [3.8, 4) is 0 Å². The lowest BCUT2D eigenvalue weighted by atomic mass is 10.3. The van der Waals surface area contributed by atoms with Crippen molar-refractivity contribution in [3.05, 3.63) is 35.2 Å². The second-order valence-electron chi connectivity index (χ2n) is 3.15. The highest BCUT2D eigenvalue weighted by atomic mass is 32.1. The summed E-state index contributed by atoms with van der Waals surface area (Å²) in [4.78, 5) is 17.3. The van der Waals surface area contributed by atoms with E-state index in [1.165, 1.54) is 11.3 Å². The van der Waals surface area contributed by atoms with Crippen molar-refractivity contribution in [2.45, 2.75) is 6.54 Å². The van der Waals surface area contributed by atoms with Gasteiger partial charge < -0.3 is 9.32 Å². The summed E-state index contributed by atoms with van der Waals surface area (Å²) in [5, 5.41) is 0.832. The molecule has 0 aromatic carbocycles. The molecule has 2 aromatic rings. The zero-order valence-electron chi connectivity index (χ0n) is 8.21. The van der Waals surface area contributed by atoms with Crippen LogP contribution in [-0.4, -0.2) is 18.3 Å². The lowest BCUT2D eigenvalue weighted by molar-refractivity contribution is 0.112. The highest BCUT2D eigenvalue weighted by Crippen LogP contribution is 2.21. The van der Waals surface area contributed by atoms with Crippen LogP contribution < -0.4 is 4.90 Å². The second-order valence-corrected chi connectivity index (χ2v) is 4.19. The summed E-state index contributed by atoms with van der Waals surface area (Å²) in [6.07, 6.45) is 5.73. The van der Waals surface area contributed by atoms with Crippen LogP contribution >= 0.6 is 11.3 Å². The topological polar surface area (TPSA) is 46.3 Å². The van der Waals surface area contributed by atoms with Gasteiger partial charge in [-0.1, -0.05) is 11.3 Å². The van der Waals surface area contributed by atoms with E-state index < -0.39 is 0 Å². The molecule has 0 unspecified atom stereocenters. The molecule has 0 radical (unpaired) electrons. The maximum Gasteiger partial charge on any atom is 0.185 e. The summed E-state index contributed by atoms with van der Waals surface area (Å²) in [6.45, 7) is 0.725. The number of hydrogen-bond acceptors (Lipinski definition) is 5. The highest BCUT2D eigenvalue weighted by Gasteiger charge is 2.07. The molecule has 0 fully saturated rings. The molecule has 0 aliphatic carbocycles. The second kappa shape index (κ2) is 4.27. The molecular weight excluding hydrogens is 212 g/mol. The third-order valence-corrected chi connectivity index (χ3v) is 2.99. The van der Waals surface area contributed by atoms with Crippen molar-refractivity contribution in [3.63, 3.8) is 0 Å². The van der Waals surface area contributed by atoms with E-state index in [9.17, 15) is 4.79 Å². The van der Waals surface area contributed by atoms with Gasteiger partial charge in [0.15, 0.2) is 11.4 Å². The van der Waals surface area contributed by atoms with E-state index in [0.29, 0.717) is 4.88 Å². The van der Waals surface area contributed by atoms with Crippen LogP contribution in [0.15, 0.2) is 29.2 Å². The molecule has 0 atom stereocenters. The van der Waals surface area contributed by atoms with E-state index in [2.05, 4.69) is 4.98 Å². The van der Waals surface area contributed by atoms with Gasteiger partial charge in [-0.3, -0.25) is 4.79 Å². The van der Waals surface area contributed by atoms with Crippen LogP contribution in [0.3, 0.4) is 0 Å². The van der Waals surface area contributed by atoms with E-state index in [4.69, 9.17) is 4.42 Å². The molecule has 0 amide bonds. The van der Waals surface area contributed by atoms with Crippen molar-refractivity contribution < 1.29 is 9.21 Å². The SMILES string of the molecule is CN(Cc1ccoc1)c1ncc(C=O)s1. The summed E-state index contributed by atoms with van der Waals surface area (Å²) in [7, 11) is 1.93. The summed E-state index contributed by atoms with van der Waals surface area (Å²) >= 11 is 1.38. The number of carbonyl (C=O) groups is 1. The zero-order valence-corrected chi connectivity index (χ0v) is 9.03. The van der Waals surface area contributed by atoms with Crippen LogP contribution in [0.4, 0.5) is 5.13 Å². The third kappa shape index (κ3) is 2.24. The van der Waals surface area contributed by atoms with Crippen LogP contribution in [0.2, 0.25) is 0 Å². The number of aldehydes is 1. The number of aromatic nitrogens is 1. The maximum atomic E-state index is 10.5. The normalized spacial score (nSPS) is 10.2. The molecule has 0 aliphatic heterocycles. The van der Waals surface area contributed by atoms with E-state index in [1.807, 2.05) is 18.0 Å². The van der Waals surface area contributed by atoms with E-state index in [0.717, 1.165) is 23.5 Å². The highest BCUT2D eigenvalue weighted by molar-refractivity contribution is 7.17. The molecular formula is C10H10N2O2S. The van der Waals surface area contributed by atoms with Gasteiger partial charge >= 0.3 is 0 Å². The van der Waals surface area contributed by atoms with Crippen LogP contribution in [0.25, 0.3) is 0 Å². The molecule has 4 nitrogen and oxygen atoms in total. The number of rotatable bonds is 4. The van der Waals surface area contributed by atoms with Gasteiger partial charge in [0.1, 0.15) is 0 Å². The molecule has 0 N–H and O–H groups in total. The molecule has 2 rings (SSSR count). The number of nitrogens with zero attached hydrogens (tertiary/aromatic N) is 2. The minimum atomic E-state index is 0.643. The summed E-state index contributed by atoms with van der Waals surface area (Å²) in [5.41, 5.74) is 1.08. The van der Waals surface area contributed by atoms with Crippen molar-refractivity contribution >= 4 is 22.8 Å². The predicted octanol–water partition coefficient (Wildman–Crippen LogP) is 2.18. The summed E-state index contributed by atoms with van der Waals surface area (Å²) in [6, 6.07) is 1.91. The fraction of sp³-hybridized carbons (Fsp3) is 0.200. The van der Waals surface area contributed by atoms with Gasteiger partial charge in [0.05, 0.1) is 23.6 Å². The van der Waals surface area contributed by atoms with Gasteiger partial charge in [0.2, 0.25) is 0 Å². The maximum absolute atomic E-state index is 10.5. The Morgan fingerprint density at radius 2 is 2.53 bits per heavy atom. The molecule has 0 saturated carbocycles. The smallest absolute Gasteiger partial charge is 0.185 e. The first-order valence-corrected chi connectivity index (χ1v) is 5.24. The van der Waals surface area contributed by atoms with Crippen LogP contribution in [0, 0.1) is 0 Å². The minimum Gasteiger partial charge on any atom is -0.472 e. The lowest BCUT2D eigenvalue weighted by Gasteiger charge is -2.13. The van der Waals surface area contributed by atoms with Crippen molar-refractivity contribution in [2.24, 2.45) is 0 Å². The average Bonchev–Trinajstić information content (AvgIpc) is 2.86. The first-order valence-electron chi connectivity index (χ1n) is 4.43.